The predicted molar refractivity (Wildman–Crippen MR) is 88.5 cm³/mol. The lowest BCUT2D eigenvalue weighted by atomic mass is 10.2. The van der Waals surface area contributed by atoms with Gasteiger partial charge in [-0.3, -0.25) is 4.79 Å². The molecule has 0 saturated carbocycles. The van der Waals surface area contributed by atoms with E-state index in [-0.39, 0.29) is 10.5 Å². The Morgan fingerprint density at radius 1 is 1.25 bits per heavy atom. The Hall–Kier alpha value is -1.13. The van der Waals surface area contributed by atoms with E-state index >= 15 is 0 Å². The quantitative estimate of drug-likeness (QED) is 0.817. The van der Waals surface area contributed by atoms with Crippen LogP contribution in [0.5, 0.6) is 0 Å². The molecule has 4 heteroatoms. The van der Waals surface area contributed by atoms with Crippen LogP contribution in [0.4, 0.5) is 0 Å². The zero-order chi connectivity index (χ0) is 14.6. The number of thioether (sulfide) groups is 1. The van der Waals surface area contributed by atoms with E-state index in [4.69, 9.17) is 0 Å². The lowest BCUT2D eigenvalue weighted by Gasteiger charge is -2.16. The molecule has 0 aliphatic rings. The van der Waals surface area contributed by atoms with Crippen LogP contribution in [0.15, 0.2) is 35.7 Å². The molecule has 1 heterocycles. The highest BCUT2D eigenvalue weighted by molar-refractivity contribution is 8.01. The molecule has 0 N–H and O–H groups in total. The van der Waals surface area contributed by atoms with Gasteiger partial charge in [0.2, 0.25) is 0 Å². The molecule has 20 heavy (non-hydrogen) atoms. The van der Waals surface area contributed by atoms with E-state index in [2.05, 4.69) is 25.8 Å². The van der Waals surface area contributed by atoms with Crippen LogP contribution >= 0.6 is 23.1 Å². The Kier molecular flexibility index (Phi) is 5.00. The second-order valence-electron chi connectivity index (χ2n) is 5.61. The fourth-order valence-electron chi connectivity index (χ4n) is 1.65. The molecule has 1 aromatic carbocycles. The van der Waals surface area contributed by atoms with Crippen molar-refractivity contribution in [2.75, 3.05) is 5.75 Å². The Morgan fingerprint density at radius 2 is 1.95 bits per heavy atom. The summed E-state index contributed by atoms with van der Waals surface area (Å²) in [7, 11) is 0. The van der Waals surface area contributed by atoms with Gasteiger partial charge in [-0.25, -0.2) is 4.98 Å². The molecule has 0 unspecified atom stereocenters. The van der Waals surface area contributed by atoms with E-state index < -0.39 is 0 Å². The van der Waals surface area contributed by atoms with Gasteiger partial charge >= 0.3 is 0 Å². The minimum atomic E-state index is 0.133. The van der Waals surface area contributed by atoms with Crippen LogP contribution in [-0.4, -0.2) is 21.3 Å². The minimum absolute atomic E-state index is 0.133. The van der Waals surface area contributed by atoms with Gasteiger partial charge < -0.3 is 0 Å². The van der Waals surface area contributed by atoms with Gasteiger partial charge in [0.25, 0.3) is 0 Å². The molecule has 0 aliphatic carbocycles. The van der Waals surface area contributed by atoms with Crippen LogP contribution in [0.3, 0.4) is 0 Å². The van der Waals surface area contributed by atoms with Crippen LogP contribution in [0.1, 0.15) is 25.8 Å². The normalized spacial score (nSPS) is 11.6. The molecule has 106 valence electrons. The van der Waals surface area contributed by atoms with Crippen molar-refractivity contribution in [1.29, 1.82) is 0 Å². The number of thiazole rings is 1. The van der Waals surface area contributed by atoms with Gasteiger partial charge in [-0.05, 0) is 0 Å². The van der Waals surface area contributed by atoms with Gasteiger partial charge in [0.05, 0.1) is 17.9 Å². The summed E-state index contributed by atoms with van der Waals surface area (Å²) in [5, 5.41) is 2.93. The second kappa shape index (κ2) is 6.55. The Labute approximate surface area is 128 Å². The molecule has 0 bridgehead atoms. The van der Waals surface area contributed by atoms with Gasteiger partial charge in [-0.15, -0.1) is 23.1 Å². The van der Waals surface area contributed by atoms with Crippen molar-refractivity contribution in [2.24, 2.45) is 0 Å². The molecular formula is C16H19NOS2. The Morgan fingerprint density at radius 3 is 2.60 bits per heavy atom. The zero-order valence-corrected chi connectivity index (χ0v) is 13.7. The summed E-state index contributed by atoms with van der Waals surface area (Å²) in [6.07, 6.45) is 0.445. The summed E-state index contributed by atoms with van der Waals surface area (Å²) in [4.78, 5) is 16.5. The standard InChI is InChI=1S/C16H19NOS2/c1-16(2,3)20-10-13(18)9-15-17-14(11-19-15)12-7-5-4-6-8-12/h4-8,11H,9-10H2,1-3H3. The molecule has 0 radical (unpaired) electrons. The molecule has 0 atom stereocenters. The maximum atomic E-state index is 12.0. The molecule has 0 aliphatic heterocycles. The molecule has 1 aromatic heterocycles. The first-order chi connectivity index (χ1) is 9.44. The largest absolute Gasteiger partial charge is 0.298 e. The summed E-state index contributed by atoms with van der Waals surface area (Å²) >= 11 is 3.26. The van der Waals surface area contributed by atoms with Crippen LogP contribution in [0, 0.1) is 0 Å². The van der Waals surface area contributed by atoms with Crippen molar-refractivity contribution in [3.63, 3.8) is 0 Å². The molecule has 2 rings (SSSR count). The fraction of sp³-hybridized carbons (Fsp3) is 0.375. The van der Waals surface area contributed by atoms with E-state index in [9.17, 15) is 4.79 Å². The lowest BCUT2D eigenvalue weighted by molar-refractivity contribution is -0.116. The SMILES string of the molecule is CC(C)(C)SCC(=O)Cc1nc(-c2ccccc2)cs1. The van der Waals surface area contributed by atoms with Crippen LogP contribution in [0.25, 0.3) is 11.3 Å². The summed E-state index contributed by atoms with van der Waals surface area (Å²) in [5.41, 5.74) is 2.06. The smallest absolute Gasteiger partial charge is 0.149 e. The van der Waals surface area contributed by atoms with Gasteiger partial charge in [0.1, 0.15) is 10.8 Å². The average Bonchev–Trinajstić information content (AvgIpc) is 2.85. The van der Waals surface area contributed by atoms with E-state index in [0.717, 1.165) is 16.3 Å². The third-order valence-electron chi connectivity index (χ3n) is 2.64. The molecule has 2 aromatic rings. The second-order valence-corrected chi connectivity index (χ2v) is 8.35. The van der Waals surface area contributed by atoms with E-state index in [1.807, 2.05) is 35.7 Å². The summed E-state index contributed by atoms with van der Waals surface area (Å²) in [5.74, 6) is 0.808. The molecule has 0 amide bonds. The summed E-state index contributed by atoms with van der Waals surface area (Å²) < 4.78 is 0.133. The number of carbonyl (C=O) groups is 1. The molecule has 0 saturated heterocycles. The van der Waals surface area contributed by atoms with Gasteiger partial charge in [-0.2, -0.15) is 0 Å². The van der Waals surface area contributed by atoms with Crippen molar-refractivity contribution in [3.05, 3.63) is 40.7 Å². The van der Waals surface area contributed by atoms with Crippen LogP contribution in [0.2, 0.25) is 0 Å². The molecular weight excluding hydrogens is 286 g/mol. The maximum Gasteiger partial charge on any atom is 0.149 e. The van der Waals surface area contributed by atoms with E-state index in [1.165, 1.54) is 0 Å². The van der Waals surface area contributed by atoms with Crippen molar-refractivity contribution in [2.45, 2.75) is 31.9 Å². The number of aromatic nitrogens is 1. The zero-order valence-electron chi connectivity index (χ0n) is 12.1. The minimum Gasteiger partial charge on any atom is -0.298 e. The maximum absolute atomic E-state index is 12.0. The summed E-state index contributed by atoms with van der Waals surface area (Å²) in [6.45, 7) is 6.38. The molecule has 2 nitrogen and oxygen atoms in total. The first-order valence-corrected chi connectivity index (χ1v) is 8.46. The highest BCUT2D eigenvalue weighted by Gasteiger charge is 2.15. The monoisotopic (exact) mass is 305 g/mol. The summed E-state index contributed by atoms with van der Waals surface area (Å²) in [6, 6.07) is 10.1. The van der Waals surface area contributed by atoms with Crippen LogP contribution < -0.4 is 0 Å². The number of hydrogen-bond acceptors (Lipinski definition) is 4. The number of rotatable bonds is 5. The van der Waals surface area contributed by atoms with Gasteiger partial charge in [-0.1, -0.05) is 51.1 Å². The van der Waals surface area contributed by atoms with Crippen LogP contribution in [-0.2, 0) is 11.2 Å². The molecule has 0 spiro atoms. The Bertz CT molecular complexity index is 570. The first-order valence-electron chi connectivity index (χ1n) is 6.59. The predicted octanol–water partition coefficient (Wildman–Crippen LogP) is 4.45. The van der Waals surface area contributed by atoms with Crippen molar-refractivity contribution in [1.82, 2.24) is 4.98 Å². The number of carbonyl (C=O) groups excluding carboxylic acids is 1. The van der Waals surface area contributed by atoms with E-state index in [0.29, 0.717) is 12.2 Å². The third-order valence-corrected chi connectivity index (χ3v) is 4.82. The number of ketones is 1. The average molecular weight is 305 g/mol. The van der Waals surface area contributed by atoms with Crippen molar-refractivity contribution < 1.29 is 4.79 Å². The topological polar surface area (TPSA) is 30.0 Å². The highest BCUT2D eigenvalue weighted by atomic mass is 32.2. The number of benzene rings is 1. The van der Waals surface area contributed by atoms with Gasteiger partial charge in [0.15, 0.2) is 0 Å². The molecule has 0 fully saturated rings. The lowest BCUT2D eigenvalue weighted by Crippen LogP contribution is -2.14. The first kappa shape index (κ1) is 15.3. The number of Topliss-reactive ketones (excluding diaryl/α,β-unsaturated/α-hetero) is 1. The highest BCUT2D eigenvalue weighted by Crippen LogP contribution is 2.25. The van der Waals surface area contributed by atoms with E-state index in [1.54, 1.807) is 23.1 Å². The van der Waals surface area contributed by atoms with Gasteiger partial charge in [0, 0.05) is 15.7 Å². The number of hydrogen-bond donors (Lipinski definition) is 0. The number of nitrogens with zero attached hydrogens (tertiary/aromatic N) is 1. The van der Waals surface area contributed by atoms with Crippen molar-refractivity contribution in [3.8, 4) is 11.3 Å². The fourth-order valence-corrected chi connectivity index (χ4v) is 3.18. The van der Waals surface area contributed by atoms with Crippen molar-refractivity contribution >= 4 is 28.9 Å². The Balaban J connectivity index is 1.95. The third kappa shape index (κ3) is 4.76.